The summed E-state index contributed by atoms with van der Waals surface area (Å²) in [5.74, 6) is -2.37. The van der Waals surface area contributed by atoms with Crippen molar-refractivity contribution in [2.75, 3.05) is 0 Å². The van der Waals surface area contributed by atoms with Crippen molar-refractivity contribution in [3.05, 3.63) is 66.6 Å². The van der Waals surface area contributed by atoms with Crippen LogP contribution in [0.3, 0.4) is 0 Å². The molecule has 0 saturated carbocycles. The summed E-state index contributed by atoms with van der Waals surface area (Å²) < 4.78 is 38.1. The Morgan fingerprint density at radius 2 is 1.55 bits per heavy atom. The van der Waals surface area contributed by atoms with Gasteiger partial charge in [-0.1, -0.05) is 36.4 Å². The van der Waals surface area contributed by atoms with Crippen LogP contribution in [0.4, 0.5) is 13.2 Å². The molecule has 0 aromatic heterocycles. The van der Waals surface area contributed by atoms with E-state index in [0.29, 0.717) is 5.56 Å². The molecular formula is C15H12F3O2. The molecule has 2 N–H and O–H groups in total. The molecule has 0 aliphatic rings. The molecule has 105 valence electrons. The molecule has 0 atom stereocenters. The smallest absolute Gasteiger partial charge is 0.362 e. The zero-order valence-electron chi connectivity index (χ0n) is 10.4. The van der Waals surface area contributed by atoms with Gasteiger partial charge in [-0.05, 0) is 23.3 Å². The quantitative estimate of drug-likeness (QED) is 0.829. The summed E-state index contributed by atoms with van der Waals surface area (Å²) in [5.41, 5.74) is -0.222. The summed E-state index contributed by atoms with van der Waals surface area (Å²) in [4.78, 5) is 0. The Kier molecular flexibility index (Phi) is 3.58. The molecule has 0 spiro atoms. The van der Waals surface area contributed by atoms with Gasteiger partial charge in [0.25, 0.3) is 0 Å². The highest BCUT2D eigenvalue weighted by Gasteiger charge is 2.31. The second-order valence-corrected chi connectivity index (χ2v) is 4.44. The molecule has 0 amide bonds. The molecule has 2 nitrogen and oxygen atoms in total. The van der Waals surface area contributed by atoms with Crippen molar-refractivity contribution in [2.24, 2.45) is 0 Å². The molecule has 0 aliphatic heterocycles. The highest BCUT2D eigenvalue weighted by molar-refractivity contribution is 5.69. The highest BCUT2D eigenvalue weighted by Crippen LogP contribution is 2.35. The van der Waals surface area contributed by atoms with Crippen LogP contribution < -0.4 is 0 Å². The maximum Gasteiger partial charge on any atom is 0.416 e. The van der Waals surface area contributed by atoms with Gasteiger partial charge < -0.3 is 10.2 Å². The molecule has 0 aliphatic carbocycles. The van der Waals surface area contributed by atoms with E-state index in [1.807, 2.05) is 0 Å². The molecule has 0 fully saturated rings. The summed E-state index contributed by atoms with van der Waals surface area (Å²) >= 11 is 0. The van der Waals surface area contributed by atoms with Crippen LogP contribution in [0.2, 0.25) is 0 Å². The average Bonchev–Trinajstić information content (AvgIpc) is 2.37. The fourth-order valence-electron chi connectivity index (χ4n) is 1.95. The van der Waals surface area contributed by atoms with Crippen LogP contribution in [0.5, 0.6) is 0 Å². The van der Waals surface area contributed by atoms with Gasteiger partial charge in [0.05, 0.1) is 5.56 Å². The van der Waals surface area contributed by atoms with Gasteiger partial charge in [0.2, 0.25) is 0 Å². The molecule has 2 rings (SSSR count). The van der Waals surface area contributed by atoms with Gasteiger partial charge in [-0.15, -0.1) is 0 Å². The standard InChI is InChI=1S/C15H12F3O2/c1-14(19,20)13-8-3-2-7-12(13)10-5-4-6-11(9-10)15(16,17)18/h2-9,19-20H,1H2. The average molecular weight is 281 g/mol. The monoisotopic (exact) mass is 281 g/mol. The minimum atomic E-state index is -4.45. The molecular weight excluding hydrogens is 269 g/mol. The lowest BCUT2D eigenvalue weighted by molar-refractivity contribution is -0.137. The maximum absolute atomic E-state index is 12.7. The molecule has 2 aromatic carbocycles. The fourth-order valence-corrected chi connectivity index (χ4v) is 1.95. The van der Waals surface area contributed by atoms with Gasteiger partial charge >= 0.3 is 6.18 Å². The van der Waals surface area contributed by atoms with Crippen molar-refractivity contribution in [2.45, 2.75) is 12.0 Å². The van der Waals surface area contributed by atoms with E-state index in [0.717, 1.165) is 12.1 Å². The number of alkyl halides is 3. The largest absolute Gasteiger partial charge is 0.416 e. The SMILES string of the molecule is [CH2]C(O)(O)c1ccccc1-c1cccc(C(F)(F)F)c1. The van der Waals surface area contributed by atoms with Gasteiger partial charge in [0, 0.05) is 12.5 Å². The summed E-state index contributed by atoms with van der Waals surface area (Å²) in [7, 11) is 0. The van der Waals surface area contributed by atoms with Crippen molar-refractivity contribution in [3.63, 3.8) is 0 Å². The predicted molar refractivity (Wildman–Crippen MR) is 68.4 cm³/mol. The minimum absolute atomic E-state index is 0.0410. The number of aliphatic hydroxyl groups is 2. The first-order valence-electron chi connectivity index (χ1n) is 5.77. The van der Waals surface area contributed by atoms with Gasteiger partial charge in [-0.2, -0.15) is 13.2 Å². The third-order valence-electron chi connectivity index (χ3n) is 2.86. The van der Waals surface area contributed by atoms with E-state index in [-0.39, 0.29) is 11.1 Å². The van der Waals surface area contributed by atoms with Crippen molar-refractivity contribution in [1.82, 2.24) is 0 Å². The number of benzene rings is 2. The van der Waals surface area contributed by atoms with Crippen molar-refractivity contribution in [1.29, 1.82) is 0 Å². The van der Waals surface area contributed by atoms with Gasteiger partial charge in [-0.3, -0.25) is 0 Å². The van der Waals surface area contributed by atoms with Crippen LogP contribution >= 0.6 is 0 Å². The Balaban J connectivity index is 2.59. The fraction of sp³-hybridized carbons (Fsp3) is 0.133. The number of rotatable bonds is 2. The van der Waals surface area contributed by atoms with Crippen molar-refractivity contribution < 1.29 is 23.4 Å². The molecule has 20 heavy (non-hydrogen) atoms. The lowest BCUT2D eigenvalue weighted by Gasteiger charge is -2.20. The first kappa shape index (κ1) is 14.6. The molecule has 5 heteroatoms. The van der Waals surface area contributed by atoms with E-state index >= 15 is 0 Å². The zero-order valence-corrected chi connectivity index (χ0v) is 10.4. The predicted octanol–water partition coefficient (Wildman–Crippen LogP) is 3.34. The van der Waals surface area contributed by atoms with Crippen molar-refractivity contribution in [3.8, 4) is 11.1 Å². The third kappa shape index (κ3) is 3.00. The van der Waals surface area contributed by atoms with Crippen LogP contribution in [0.25, 0.3) is 11.1 Å². The molecule has 0 bridgehead atoms. The lowest BCUT2D eigenvalue weighted by Crippen LogP contribution is -2.21. The lowest BCUT2D eigenvalue weighted by atomic mass is 9.94. The zero-order chi connectivity index (χ0) is 15.0. The Bertz CT molecular complexity index is 613. The molecule has 0 unspecified atom stereocenters. The Morgan fingerprint density at radius 1 is 0.900 bits per heavy atom. The summed E-state index contributed by atoms with van der Waals surface area (Å²) in [6, 6.07) is 10.7. The topological polar surface area (TPSA) is 40.5 Å². The van der Waals surface area contributed by atoms with Crippen LogP contribution in [0.1, 0.15) is 11.1 Å². The Morgan fingerprint density at radius 3 is 2.15 bits per heavy atom. The number of hydrogen-bond donors (Lipinski definition) is 2. The van der Waals surface area contributed by atoms with Crippen LogP contribution in [-0.4, -0.2) is 10.2 Å². The minimum Gasteiger partial charge on any atom is -0.362 e. The van der Waals surface area contributed by atoms with E-state index in [2.05, 4.69) is 6.92 Å². The number of halogens is 3. The third-order valence-corrected chi connectivity index (χ3v) is 2.86. The Labute approximate surface area is 114 Å². The molecule has 1 radical (unpaired) electrons. The van der Waals surface area contributed by atoms with E-state index in [1.54, 1.807) is 12.1 Å². The highest BCUT2D eigenvalue weighted by atomic mass is 19.4. The molecule has 0 saturated heterocycles. The van der Waals surface area contributed by atoms with E-state index in [4.69, 9.17) is 0 Å². The maximum atomic E-state index is 12.7. The van der Waals surface area contributed by atoms with E-state index < -0.39 is 17.5 Å². The van der Waals surface area contributed by atoms with E-state index in [9.17, 15) is 23.4 Å². The van der Waals surface area contributed by atoms with Crippen LogP contribution in [0.15, 0.2) is 48.5 Å². The van der Waals surface area contributed by atoms with E-state index in [1.165, 1.54) is 24.3 Å². The summed E-state index contributed by atoms with van der Waals surface area (Å²) in [6.07, 6.45) is -4.45. The Hall–Kier alpha value is -1.85. The van der Waals surface area contributed by atoms with Crippen LogP contribution in [0, 0.1) is 6.92 Å². The first-order chi connectivity index (χ1) is 9.19. The van der Waals surface area contributed by atoms with Crippen LogP contribution in [-0.2, 0) is 12.0 Å². The normalized spacial score (nSPS) is 12.5. The van der Waals surface area contributed by atoms with Gasteiger partial charge in [0.15, 0.2) is 5.79 Å². The summed E-state index contributed by atoms with van der Waals surface area (Å²) in [6.45, 7) is 3.19. The first-order valence-corrected chi connectivity index (χ1v) is 5.77. The molecule has 2 aromatic rings. The van der Waals surface area contributed by atoms with Gasteiger partial charge in [-0.25, -0.2) is 0 Å². The number of hydrogen-bond acceptors (Lipinski definition) is 2. The second kappa shape index (κ2) is 4.92. The summed E-state index contributed by atoms with van der Waals surface area (Å²) in [5, 5.41) is 19.2. The van der Waals surface area contributed by atoms with Crippen molar-refractivity contribution >= 4 is 0 Å². The second-order valence-electron chi connectivity index (χ2n) is 4.44. The van der Waals surface area contributed by atoms with Gasteiger partial charge in [0.1, 0.15) is 0 Å². The molecule has 0 heterocycles.